The molecular formula is C29H37NO4S. The van der Waals surface area contributed by atoms with Gasteiger partial charge in [0.15, 0.2) is 9.84 Å². The summed E-state index contributed by atoms with van der Waals surface area (Å²) in [6.45, 7) is 0. The van der Waals surface area contributed by atoms with Gasteiger partial charge < -0.3 is 10.5 Å². The summed E-state index contributed by atoms with van der Waals surface area (Å²) in [4.78, 5) is 13.2. The summed E-state index contributed by atoms with van der Waals surface area (Å²) in [7, 11) is -3.29. The lowest BCUT2D eigenvalue weighted by Gasteiger charge is -2.25. The molecule has 1 heterocycles. The van der Waals surface area contributed by atoms with Crippen LogP contribution in [0.1, 0.15) is 75.3 Å². The Hall–Kier alpha value is -2.44. The van der Waals surface area contributed by atoms with Gasteiger partial charge in [0.25, 0.3) is 0 Å². The van der Waals surface area contributed by atoms with Crippen molar-refractivity contribution in [1.82, 2.24) is 0 Å². The highest BCUT2D eigenvalue weighted by atomic mass is 32.2. The first-order valence-electron chi connectivity index (χ1n) is 12.9. The second-order valence-electron chi connectivity index (χ2n) is 10.1. The maximum absolute atomic E-state index is 12.9. The van der Waals surface area contributed by atoms with Crippen molar-refractivity contribution in [3.8, 4) is 0 Å². The summed E-state index contributed by atoms with van der Waals surface area (Å²) in [6, 6.07) is 16.8. The van der Waals surface area contributed by atoms with Gasteiger partial charge in [-0.1, -0.05) is 68.1 Å². The van der Waals surface area contributed by atoms with E-state index >= 15 is 0 Å². The zero-order valence-electron chi connectivity index (χ0n) is 20.6. The number of hydrogen-bond donors (Lipinski definition) is 1. The SMILES string of the molecule is CS(=O)(=O)c1ccc(C2=C(c3ccccc3)C(=O)OC2CCCCCCC2CCC(N)CC2)cc1. The number of nitrogens with two attached hydrogens (primary N) is 1. The molecule has 1 aliphatic carbocycles. The molecule has 1 atom stereocenters. The van der Waals surface area contributed by atoms with Crippen molar-refractivity contribution in [1.29, 1.82) is 0 Å². The van der Waals surface area contributed by atoms with Crippen LogP contribution in [0.25, 0.3) is 11.1 Å². The normalized spacial score (nSPS) is 22.9. The summed E-state index contributed by atoms with van der Waals surface area (Å²) in [6.07, 6.45) is 12.4. The van der Waals surface area contributed by atoms with Crippen molar-refractivity contribution >= 4 is 27.0 Å². The van der Waals surface area contributed by atoms with Crippen LogP contribution in [0.2, 0.25) is 0 Å². The average Bonchev–Trinajstić information content (AvgIpc) is 3.18. The molecule has 0 radical (unpaired) electrons. The first kappa shape index (κ1) is 25.6. The van der Waals surface area contributed by atoms with Crippen LogP contribution in [-0.2, 0) is 19.4 Å². The summed E-state index contributed by atoms with van der Waals surface area (Å²) in [5.41, 5.74) is 9.13. The fraction of sp³-hybridized carbons (Fsp3) is 0.483. The van der Waals surface area contributed by atoms with E-state index in [-0.39, 0.29) is 17.0 Å². The molecule has 1 unspecified atom stereocenters. The van der Waals surface area contributed by atoms with Crippen LogP contribution < -0.4 is 5.73 Å². The number of carbonyl (C=O) groups excluding carboxylic acids is 1. The Morgan fingerprint density at radius 3 is 2.09 bits per heavy atom. The molecule has 6 heteroatoms. The number of ether oxygens (including phenoxy) is 1. The molecule has 4 rings (SSSR count). The number of carbonyl (C=O) groups is 1. The molecule has 1 aliphatic heterocycles. The van der Waals surface area contributed by atoms with Gasteiger partial charge in [0.1, 0.15) is 6.10 Å². The van der Waals surface area contributed by atoms with Crippen LogP contribution in [0, 0.1) is 5.92 Å². The second-order valence-corrected chi connectivity index (χ2v) is 12.1. The molecule has 1 fully saturated rings. The van der Waals surface area contributed by atoms with E-state index < -0.39 is 9.84 Å². The zero-order chi connectivity index (χ0) is 24.8. The fourth-order valence-corrected chi connectivity index (χ4v) is 6.04. The van der Waals surface area contributed by atoms with Gasteiger partial charge >= 0.3 is 5.97 Å². The van der Waals surface area contributed by atoms with Gasteiger partial charge in [-0.05, 0) is 67.7 Å². The average molecular weight is 496 g/mol. The van der Waals surface area contributed by atoms with Gasteiger partial charge in [0.2, 0.25) is 0 Å². The zero-order valence-corrected chi connectivity index (χ0v) is 21.4. The third-order valence-corrected chi connectivity index (χ3v) is 8.55. The smallest absolute Gasteiger partial charge is 0.339 e. The predicted molar refractivity (Wildman–Crippen MR) is 140 cm³/mol. The molecule has 1 saturated carbocycles. The van der Waals surface area contributed by atoms with Crippen molar-refractivity contribution in [2.24, 2.45) is 11.7 Å². The van der Waals surface area contributed by atoms with Crippen LogP contribution in [0.5, 0.6) is 0 Å². The molecule has 0 spiro atoms. The van der Waals surface area contributed by atoms with Gasteiger partial charge in [-0.2, -0.15) is 0 Å². The van der Waals surface area contributed by atoms with Gasteiger partial charge in [0, 0.05) is 17.9 Å². The van der Waals surface area contributed by atoms with Gasteiger partial charge in [-0.15, -0.1) is 0 Å². The van der Waals surface area contributed by atoms with E-state index in [4.69, 9.17) is 10.5 Å². The van der Waals surface area contributed by atoms with E-state index in [1.165, 1.54) is 51.2 Å². The number of benzene rings is 2. The molecule has 2 aliphatic rings. The molecule has 0 amide bonds. The number of cyclic esters (lactones) is 1. The summed E-state index contributed by atoms with van der Waals surface area (Å²) in [5, 5.41) is 0. The van der Waals surface area contributed by atoms with Crippen LogP contribution in [0.15, 0.2) is 59.5 Å². The van der Waals surface area contributed by atoms with Crippen LogP contribution in [-0.4, -0.2) is 32.8 Å². The standard InChI is InChI=1S/C29H37NO4S/c1-35(32,33)25-19-15-23(16-20-25)27-26(34-29(31)28(27)22-10-6-4-7-11-22)12-8-3-2-5-9-21-13-17-24(30)18-14-21/h4,6-7,10-11,15-16,19-21,24,26H,2-3,5,8-9,12-14,17-18,30H2,1H3. The minimum Gasteiger partial charge on any atom is -0.454 e. The molecule has 0 aromatic heterocycles. The maximum atomic E-state index is 12.9. The van der Waals surface area contributed by atoms with Crippen molar-refractivity contribution in [3.05, 3.63) is 65.7 Å². The number of rotatable bonds is 10. The Morgan fingerprint density at radius 2 is 1.46 bits per heavy atom. The Kier molecular flexibility index (Phi) is 8.45. The maximum Gasteiger partial charge on any atom is 0.339 e. The first-order valence-corrected chi connectivity index (χ1v) is 14.8. The summed E-state index contributed by atoms with van der Waals surface area (Å²) in [5.74, 6) is 0.530. The molecular weight excluding hydrogens is 458 g/mol. The van der Waals surface area contributed by atoms with Crippen molar-refractivity contribution in [2.45, 2.75) is 81.2 Å². The third kappa shape index (κ3) is 6.62. The molecule has 35 heavy (non-hydrogen) atoms. The highest BCUT2D eigenvalue weighted by Crippen LogP contribution is 2.39. The van der Waals surface area contributed by atoms with Crippen molar-refractivity contribution < 1.29 is 17.9 Å². The number of hydrogen-bond acceptors (Lipinski definition) is 5. The van der Waals surface area contributed by atoms with Gasteiger partial charge in [0.05, 0.1) is 10.5 Å². The van der Waals surface area contributed by atoms with Crippen molar-refractivity contribution in [2.75, 3.05) is 6.26 Å². The molecule has 2 aromatic rings. The topological polar surface area (TPSA) is 86.5 Å². The minimum absolute atomic E-state index is 0.268. The molecule has 2 aromatic carbocycles. The van der Waals surface area contributed by atoms with Gasteiger partial charge in [-0.25, -0.2) is 13.2 Å². The Labute approximate surface area is 209 Å². The van der Waals surface area contributed by atoms with Crippen LogP contribution >= 0.6 is 0 Å². The number of esters is 1. The van der Waals surface area contributed by atoms with Crippen LogP contribution in [0.4, 0.5) is 0 Å². The third-order valence-electron chi connectivity index (χ3n) is 7.42. The fourth-order valence-electron chi connectivity index (χ4n) is 5.40. The lowest BCUT2D eigenvalue weighted by atomic mass is 9.83. The second kappa shape index (κ2) is 11.5. The molecule has 5 nitrogen and oxygen atoms in total. The largest absolute Gasteiger partial charge is 0.454 e. The van der Waals surface area contributed by atoms with E-state index in [1.807, 2.05) is 30.3 Å². The monoisotopic (exact) mass is 495 g/mol. The van der Waals surface area contributed by atoms with E-state index in [0.717, 1.165) is 41.9 Å². The van der Waals surface area contributed by atoms with E-state index in [1.54, 1.807) is 24.3 Å². The van der Waals surface area contributed by atoms with E-state index in [2.05, 4.69) is 0 Å². The van der Waals surface area contributed by atoms with E-state index in [9.17, 15) is 13.2 Å². The predicted octanol–water partition coefficient (Wildman–Crippen LogP) is 5.78. The van der Waals surface area contributed by atoms with Gasteiger partial charge in [-0.3, -0.25) is 0 Å². The highest BCUT2D eigenvalue weighted by Gasteiger charge is 2.35. The van der Waals surface area contributed by atoms with Crippen LogP contribution in [0.3, 0.4) is 0 Å². The van der Waals surface area contributed by atoms with E-state index in [0.29, 0.717) is 11.6 Å². The lowest BCUT2D eigenvalue weighted by molar-refractivity contribution is -0.137. The Balaban J connectivity index is 1.42. The molecule has 0 bridgehead atoms. The number of unbranched alkanes of at least 4 members (excludes halogenated alkanes) is 3. The first-order chi connectivity index (χ1) is 16.8. The molecule has 2 N–H and O–H groups in total. The molecule has 188 valence electrons. The quantitative estimate of drug-likeness (QED) is 0.333. The summed E-state index contributed by atoms with van der Waals surface area (Å²) < 4.78 is 29.7. The Bertz CT molecular complexity index is 1130. The molecule has 0 saturated heterocycles. The highest BCUT2D eigenvalue weighted by molar-refractivity contribution is 7.90. The lowest BCUT2D eigenvalue weighted by Crippen LogP contribution is -2.26. The Morgan fingerprint density at radius 1 is 0.829 bits per heavy atom. The van der Waals surface area contributed by atoms with Crippen molar-refractivity contribution in [3.63, 3.8) is 0 Å². The number of sulfone groups is 1. The summed E-state index contributed by atoms with van der Waals surface area (Å²) >= 11 is 0. The minimum atomic E-state index is -3.29.